The average molecular weight is 595 g/mol. The highest BCUT2D eigenvalue weighted by Gasteiger charge is 2.34. The van der Waals surface area contributed by atoms with Gasteiger partial charge < -0.3 is 0 Å². The third-order valence-electron chi connectivity index (χ3n) is 9.43. The molecule has 0 N–H and O–H groups in total. The zero-order valence-corrected chi connectivity index (χ0v) is 26.2. The quantitative estimate of drug-likeness (QED) is 0.180. The van der Waals surface area contributed by atoms with Gasteiger partial charge in [-0.2, -0.15) is 0 Å². The van der Waals surface area contributed by atoms with Crippen molar-refractivity contribution in [3.05, 3.63) is 181 Å². The second-order valence-corrected chi connectivity index (χ2v) is 13.5. The summed E-state index contributed by atoms with van der Waals surface area (Å²) >= 11 is 1.89. The first-order valence-corrected chi connectivity index (χ1v) is 16.6. The molecule has 0 aliphatic heterocycles. The van der Waals surface area contributed by atoms with Crippen LogP contribution in [-0.2, 0) is 0 Å². The van der Waals surface area contributed by atoms with E-state index in [9.17, 15) is 0 Å². The molecule has 1 aliphatic rings. The van der Waals surface area contributed by atoms with Crippen LogP contribution < -0.4 is 0 Å². The first-order chi connectivity index (χ1) is 22.2. The van der Waals surface area contributed by atoms with E-state index in [1.807, 2.05) is 11.3 Å². The Hall–Kier alpha value is -4.98. The number of hydrogen-bond acceptors (Lipinski definition) is 1. The van der Waals surface area contributed by atoms with Gasteiger partial charge in [-0.1, -0.05) is 159 Å². The largest absolute Gasteiger partial charge is 0.135 e. The molecule has 1 aliphatic carbocycles. The maximum Gasteiger partial charge on any atom is 0.0367 e. The van der Waals surface area contributed by atoms with Crippen molar-refractivity contribution in [2.45, 2.75) is 19.3 Å². The average Bonchev–Trinajstić information content (AvgIpc) is 3.48. The smallest absolute Gasteiger partial charge is 0.0367 e. The maximum atomic E-state index is 2.40. The van der Waals surface area contributed by atoms with E-state index in [0.717, 1.165) is 6.42 Å². The van der Waals surface area contributed by atoms with E-state index in [2.05, 4.69) is 177 Å². The van der Waals surface area contributed by atoms with Gasteiger partial charge in [0.15, 0.2) is 0 Å². The lowest BCUT2D eigenvalue weighted by atomic mass is 9.67. The molecule has 0 radical (unpaired) electrons. The molecule has 2 unspecified atom stereocenters. The Kier molecular flexibility index (Phi) is 7.05. The van der Waals surface area contributed by atoms with E-state index >= 15 is 0 Å². The van der Waals surface area contributed by atoms with Crippen molar-refractivity contribution in [2.75, 3.05) is 0 Å². The van der Waals surface area contributed by atoms with E-state index in [-0.39, 0.29) is 11.3 Å². The summed E-state index contributed by atoms with van der Waals surface area (Å²) in [6, 6.07) is 53.7. The molecular formula is C44H34S. The molecule has 0 amide bonds. The van der Waals surface area contributed by atoms with Crippen LogP contribution in [0, 0.1) is 5.41 Å². The van der Waals surface area contributed by atoms with E-state index in [1.54, 1.807) is 0 Å². The Balaban J connectivity index is 1.21. The molecule has 8 rings (SSSR count). The molecule has 1 heterocycles. The van der Waals surface area contributed by atoms with Crippen LogP contribution in [0.15, 0.2) is 170 Å². The number of benzene rings is 6. The molecular weight excluding hydrogens is 561 g/mol. The van der Waals surface area contributed by atoms with Crippen molar-refractivity contribution in [3.63, 3.8) is 0 Å². The highest BCUT2D eigenvalue weighted by Crippen LogP contribution is 2.47. The van der Waals surface area contributed by atoms with Gasteiger partial charge >= 0.3 is 0 Å². The molecule has 0 saturated heterocycles. The summed E-state index contributed by atoms with van der Waals surface area (Å²) in [4.78, 5) is 0. The van der Waals surface area contributed by atoms with Crippen molar-refractivity contribution in [3.8, 4) is 33.4 Å². The van der Waals surface area contributed by atoms with Gasteiger partial charge in [-0.15, -0.1) is 11.3 Å². The molecule has 45 heavy (non-hydrogen) atoms. The molecule has 6 aromatic carbocycles. The van der Waals surface area contributed by atoms with Gasteiger partial charge in [0.25, 0.3) is 0 Å². The standard InChI is InChI=1S/C44H34S/c1-44(27-11-4-12-28-44)43(35-23-19-32(20-24-35)31-13-5-2-6-14-31)36-25-21-33(22-26-36)37-29-39(34-15-7-3-8-16-34)42-38-17-9-10-18-40(38)45-41(42)30-37/h2-27,29-30,43H,28H2,1H3. The molecule has 0 fully saturated rings. The lowest BCUT2D eigenvalue weighted by molar-refractivity contribution is 0.374. The zero-order chi connectivity index (χ0) is 30.2. The Morgan fingerprint density at radius 3 is 1.76 bits per heavy atom. The van der Waals surface area contributed by atoms with E-state index in [0.29, 0.717) is 0 Å². The van der Waals surface area contributed by atoms with Gasteiger partial charge in [0.1, 0.15) is 0 Å². The fourth-order valence-corrected chi connectivity index (χ4v) is 8.32. The summed E-state index contributed by atoms with van der Waals surface area (Å²) in [6.45, 7) is 2.40. The number of allylic oxidation sites excluding steroid dienone is 4. The summed E-state index contributed by atoms with van der Waals surface area (Å²) < 4.78 is 2.67. The van der Waals surface area contributed by atoms with Crippen LogP contribution in [0.4, 0.5) is 0 Å². The predicted molar refractivity (Wildman–Crippen MR) is 195 cm³/mol. The molecule has 1 aromatic heterocycles. The van der Waals surface area contributed by atoms with Gasteiger partial charge in [0, 0.05) is 31.5 Å². The summed E-state index contributed by atoms with van der Waals surface area (Å²) in [7, 11) is 0. The van der Waals surface area contributed by atoms with Gasteiger partial charge in [-0.05, 0) is 69.1 Å². The van der Waals surface area contributed by atoms with Crippen LogP contribution >= 0.6 is 11.3 Å². The Morgan fingerprint density at radius 2 is 1.11 bits per heavy atom. The molecule has 0 nitrogen and oxygen atoms in total. The lowest BCUT2D eigenvalue weighted by Crippen LogP contribution is -2.25. The molecule has 7 aromatic rings. The number of fused-ring (bicyclic) bond motifs is 3. The fourth-order valence-electron chi connectivity index (χ4n) is 7.15. The Labute approximate surface area is 269 Å². The maximum absolute atomic E-state index is 2.40. The highest BCUT2D eigenvalue weighted by molar-refractivity contribution is 7.26. The zero-order valence-electron chi connectivity index (χ0n) is 25.4. The number of hydrogen-bond donors (Lipinski definition) is 0. The fraction of sp³-hybridized carbons (Fsp3) is 0.0909. The minimum Gasteiger partial charge on any atom is -0.135 e. The van der Waals surface area contributed by atoms with E-state index < -0.39 is 0 Å². The normalized spacial score (nSPS) is 16.7. The van der Waals surface area contributed by atoms with Gasteiger partial charge in [0.05, 0.1) is 0 Å². The van der Waals surface area contributed by atoms with Crippen molar-refractivity contribution < 1.29 is 0 Å². The SMILES string of the molecule is CC1(C(c2ccc(-c3ccccc3)cc2)c2ccc(-c3cc(-c4ccccc4)c4c(c3)sc3ccccc34)cc2)C=CC=CC1. The first-order valence-electron chi connectivity index (χ1n) is 15.8. The van der Waals surface area contributed by atoms with Crippen molar-refractivity contribution in [1.82, 2.24) is 0 Å². The van der Waals surface area contributed by atoms with Crippen molar-refractivity contribution in [1.29, 1.82) is 0 Å². The van der Waals surface area contributed by atoms with Crippen LogP contribution in [0.5, 0.6) is 0 Å². The molecule has 2 atom stereocenters. The second-order valence-electron chi connectivity index (χ2n) is 12.4. The summed E-state index contributed by atoms with van der Waals surface area (Å²) in [5, 5.41) is 2.69. The summed E-state index contributed by atoms with van der Waals surface area (Å²) in [5.74, 6) is 0.238. The Bertz CT molecular complexity index is 2160. The first kappa shape index (κ1) is 27.6. The molecule has 1 heteroatoms. The lowest BCUT2D eigenvalue weighted by Gasteiger charge is -2.37. The third-order valence-corrected chi connectivity index (χ3v) is 10.6. The topological polar surface area (TPSA) is 0 Å². The van der Waals surface area contributed by atoms with E-state index in [1.165, 1.54) is 64.7 Å². The predicted octanol–water partition coefficient (Wildman–Crippen LogP) is 12.7. The van der Waals surface area contributed by atoms with Crippen molar-refractivity contribution >= 4 is 31.5 Å². The number of rotatable bonds is 6. The van der Waals surface area contributed by atoms with Crippen molar-refractivity contribution in [2.24, 2.45) is 5.41 Å². The Morgan fingerprint density at radius 1 is 0.533 bits per heavy atom. The molecule has 0 saturated carbocycles. The van der Waals surface area contributed by atoms with Gasteiger partial charge in [0.2, 0.25) is 0 Å². The van der Waals surface area contributed by atoms with Crippen LogP contribution in [0.3, 0.4) is 0 Å². The van der Waals surface area contributed by atoms with Crippen LogP contribution in [0.25, 0.3) is 53.6 Å². The molecule has 0 bridgehead atoms. The number of thiophene rings is 1. The monoisotopic (exact) mass is 594 g/mol. The van der Waals surface area contributed by atoms with Gasteiger partial charge in [-0.25, -0.2) is 0 Å². The van der Waals surface area contributed by atoms with Gasteiger partial charge in [-0.3, -0.25) is 0 Å². The molecule has 0 spiro atoms. The third kappa shape index (κ3) is 5.14. The summed E-state index contributed by atoms with van der Waals surface area (Å²) in [5.41, 5.74) is 10.3. The van der Waals surface area contributed by atoms with E-state index in [4.69, 9.17) is 0 Å². The highest BCUT2D eigenvalue weighted by atomic mass is 32.1. The minimum atomic E-state index is -0.0129. The summed E-state index contributed by atoms with van der Waals surface area (Å²) in [6.07, 6.45) is 10.1. The minimum absolute atomic E-state index is 0.0129. The molecule has 216 valence electrons. The second kappa shape index (κ2) is 11.5. The van der Waals surface area contributed by atoms with Crippen LogP contribution in [0.2, 0.25) is 0 Å². The van der Waals surface area contributed by atoms with Crippen LogP contribution in [-0.4, -0.2) is 0 Å². The van der Waals surface area contributed by atoms with Crippen LogP contribution in [0.1, 0.15) is 30.4 Å².